The fraction of sp³-hybridized carbons (Fsp3) is 0. The van der Waals surface area contributed by atoms with E-state index in [1.165, 1.54) is 20.2 Å². The Bertz CT molecular complexity index is 851. The SMILES string of the molecule is C#Cc1ccccn1.c1ccc2c(c1)sc1ccccc12. The zero-order valence-electron chi connectivity index (χ0n) is 11.4. The molecule has 2 heteroatoms. The first kappa shape index (κ1) is 13.4. The molecule has 21 heavy (non-hydrogen) atoms. The number of terminal acetylenes is 1. The quantitative estimate of drug-likeness (QED) is 0.409. The molecule has 0 saturated carbocycles. The molecule has 4 aromatic rings. The molecule has 2 aromatic heterocycles. The fourth-order valence-corrected chi connectivity index (χ4v) is 3.23. The van der Waals surface area contributed by atoms with E-state index in [4.69, 9.17) is 6.42 Å². The van der Waals surface area contributed by atoms with Gasteiger partial charge in [0.15, 0.2) is 0 Å². The zero-order valence-corrected chi connectivity index (χ0v) is 12.2. The molecule has 100 valence electrons. The van der Waals surface area contributed by atoms with E-state index in [9.17, 15) is 0 Å². The first-order valence-corrected chi connectivity index (χ1v) is 7.44. The van der Waals surface area contributed by atoms with E-state index >= 15 is 0 Å². The summed E-state index contributed by atoms with van der Waals surface area (Å²) in [5.41, 5.74) is 0.688. The van der Waals surface area contributed by atoms with Gasteiger partial charge in [-0.05, 0) is 24.3 Å². The average molecular weight is 287 g/mol. The molecule has 0 fully saturated rings. The van der Waals surface area contributed by atoms with Crippen molar-refractivity contribution in [2.24, 2.45) is 0 Å². The maximum Gasteiger partial charge on any atom is 0.112 e. The minimum atomic E-state index is 0.688. The second kappa shape index (κ2) is 6.21. The molecular formula is C19H13NS. The number of fused-ring (bicyclic) bond motifs is 3. The van der Waals surface area contributed by atoms with E-state index in [-0.39, 0.29) is 0 Å². The molecule has 0 aliphatic carbocycles. The van der Waals surface area contributed by atoms with Crippen LogP contribution in [0.5, 0.6) is 0 Å². The van der Waals surface area contributed by atoms with Gasteiger partial charge in [-0.1, -0.05) is 48.4 Å². The number of hydrogen-bond acceptors (Lipinski definition) is 2. The molecule has 4 rings (SSSR count). The number of rotatable bonds is 0. The predicted molar refractivity (Wildman–Crippen MR) is 91.5 cm³/mol. The van der Waals surface area contributed by atoms with Crippen molar-refractivity contribution < 1.29 is 0 Å². The summed E-state index contributed by atoms with van der Waals surface area (Å²) in [5, 5.41) is 2.76. The van der Waals surface area contributed by atoms with Crippen molar-refractivity contribution in [2.75, 3.05) is 0 Å². The van der Waals surface area contributed by atoms with Crippen LogP contribution in [0.2, 0.25) is 0 Å². The van der Waals surface area contributed by atoms with E-state index in [1.54, 1.807) is 12.3 Å². The van der Waals surface area contributed by atoms with Crippen LogP contribution in [0.15, 0.2) is 72.9 Å². The third kappa shape index (κ3) is 2.94. The number of nitrogens with zero attached hydrogens (tertiary/aromatic N) is 1. The first-order chi connectivity index (χ1) is 10.4. The van der Waals surface area contributed by atoms with Crippen LogP contribution in [0, 0.1) is 12.3 Å². The van der Waals surface area contributed by atoms with Gasteiger partial charge in [0, 0.05) is 26.4 Å². The van der Waals surface area contributed by atoms with Gasteiger partial charge in [-0.3, -0.25) is 0 Å². The molecule has 0 aliphatic rings. The molecule has 2 heterocycles. The molecule has 0 amide bonds. The summed E-state index contributed by atoms with van der Waals surface area (Å²) in [5.74, 6) is 2.42. The fourth-order valence-electron chi connectivity index (χ4n) is 2.12. The molecule has 2 aromatic carbocycles. The lowest BCUT2D eigenvalue weighted by molar-refractivity contribution is 1.29. The smallest absolute Gasteiger partial charge is 0.112 e. The van der Waals surface area contributed by atoms with Crippen molar-refractivity contribution in [3.05, 3.63) is 78.6 Å². The Labute approximate surface area is 127 Å². The minimum Gasteiger partial charge on any atom is -0.248 e. The monoisotopic (exact) mass is 287 g/mol. The third-order valence-electron chi connectivity index (χ3n) is 3.10. The van der Waals surface area contributed by atoms with Gasteiger partial charge in [0.25, 0.3) is 0 Å². The first-order valence-electron chi connectivity index (χ1n) is 6.62. The van der Waals surface area contributed by atoms with Gasteiger partial charge in [-0.2, -0.15) is 0 Å². The Kier molecular flexibility index (Phi) is 3.95. The molecule has 0 aliphatic heterocycles. The average Bonchev–Trinajstić information content (AvgIpc) is 2.95. The second-order valence-electron chi connectivity index (χ2n) is 4.45. The lowest BCUT2D eigenvalue weighted by Gasteiger charge is -1.88. The Morgan fingerprint density at radius 1 is 0.762 bits per heavy atom. The molecule has 0 unspecified atom stereocenters. The maximum absolute atomic E-state index is 5.04. The van der Waals surface area contributed by atoms with Crippen molar-refractivity contribution in [1.82, 2.24) is 4.98 Å². The maximum atomic E-state index is 5.04. The van der Waals surface area contributed by atoms with Gasteiger partial charge in [0.1, 0.15) is 5.69 Å². The van der Waals surface area contributed by atoms with E-state index in [0.29, 0.717) is 5.69 Å². The van der Waals surface area contributed by atoms with Crippen molar-refractivity contribution in [3.8, 4) is 12.3 Å². The van der Waals surface area contributed by atoms with E-state index in [0.717, 1.165) is 0 Å². The number of hydrogen-bond donors (Lipinski definition) is 0. The predicted octanol–water partition coefficient (Wildman–Crippen LogP) is 5.12. The van der Waals surface area contributed by atoms with Crippen LogP contribution < -0.4 is 0 Å². The topological polar surface area (TPSA) is 12.9 Å². The van der Waals surface area contributed by atoms with Crippen LogP contribution in [-0.2, 0) is 0 Å². The summed E-state index contributed by atoms with van der Waals surface area (Å²) in [4.78, 5) is 3.86. The van der Waals surface area contributed by atoms with Crippen LogP contribution >= 0.6 is 11.3 Å². The van der Waals surface area contributed by atoms with Gasteiger partial charge in [-0.15, -0.1) is 17.8 Å². The highest BCUT2D eigenvalue weighted by molar-refractivity contribution is 7.25. The van der Waals surface area contributed by atoms with Gasteiger partial charge in [-0.25, -0.2) is 4.98 Å². The summed E-state index contributed by atoms with van der Waals surface area (Å²) in [6.45, 7) is 0. The highest BCUT2D eigenvalue weighted by atomic mass is 32.1. The van der Waals surface area contributed by atoms with Crippen molar-refractivity contribution >= 4 is 31.5 Å². The highest BCUT2D eigenvalue weighted by Gasteiger charge is 2.01. The number of benzene rings is 2. The van der Waals surface area contributed by atoms with Crippen LogP contribution in [0.3, 0.4) is 0 Å². The van der Waals surface area contributed by atoms with Gasteiger partial charge < -0.3 is 0 Å². The van der Waals surface area contributed by atoms with Gasteiger partial charge in [0.05, 0.1) is 0 Å². The van der Waals surface area contributed by atoms with E-state index in [2.05, 4.69) is 59.4 Å². The largest absolute Gasteiger partial charge is 0.248 e. The van der Waals surface area contributed by atoms with Crippen LogP contribution in [0.4, 0.5) is 0 Å². The van der Waals surface area contributed by atoms with Crippen molar-refractivity contribution in [3.63, 3.8) is 0 Å². The summed E-state index contributed by atoms with van der Waals surface area (Å²) in [6, 6.07) is 22.6. The molecular weight excluding hydrogens is 274 g/mol. The minimum absolute atomic E-state index is 0.688. The molecule has 0 spiro atoms. The Balaban J connectivity index is 0.000000143. The summed E-state index contributed by atoms with van der Waals surface area (Å²) >= 11 is 1.86. The Morgan fingerprint density at radius 2 is 1.33 bits per heavy atom. The standard InChI is InChI=1S/C12H8S.C7H5N/c1-3-7-11-9(5-1)10-6-2-4-8-12(10)13-11;1-2-7-5-3-4-6-8-7/h1-8H;1,3-6H. The number of aromatic nitrogens is 1. The second-order valence-corrected chi connectivity index (χ2v) is 5.54. The van der Waals surface area contributed by atoms with Gasteiger partial charge >= 0.3 is 0 Å². The lowest BCUT2D eigenvalue weighted by Crippen LogP contribution is -1.75. The third-order valence-corrected chi connectivity index (χ3v) is 4.25. The molecule has 0 N–H and O–H groups in total. The zero-order chi connectivity index (χ0) is 14.5. The molecule has 0 radical (unpaired) electrons. The number of thiophene rings is 1. The molecule has 0 atom stereocenters. The Hall–Kier alpha value is -2.63. The summed E-state index contributed by atoms with van der Waals surface area (Å²) < 4.78 is 2.76. The van der Waals surface area contributed by atoms with E-state index < -0.39 is 0 Å². The molecule has 1 nitrogen and oxygen atoms in total. The van der Waals surface area contributed by atoms with Crippen LogP contribution in [0.1, 0.15) is 5.69 Å². The normalized spacial score (nSPS) is 9.86. The lowest BCUT2D eigenvalue weighted by atomic mass is 10.2. The van der Waals surface area contributed by atoms with Crippen molar-refractivity contribution in [1.29, 1.82) is 0 Å². The van der Waals surface area contributed by atoms with Crippen LogP contribution in [-0.4, -0.2) is 4.98 Å². The molecule has 0 bridgehead atoms. The Morgan fingerprint density at radius 3 is 1.81 bits per heavy atom. The molecule has 0 saturated heterocycles. The number of pyridine rings is 1. The van der Waals surface area contributed by atoms with Crippen LogP contribution in [0.25, 0.3) is 20.2 Å². The summed E-state index contributed by atoms with van der Waals surface area (Å²) in [7, 11) is 0. The highest BCUT2D eigenvalue weighted by Crippen LogP contribution is 2.32. The van der Waals surface area contributed by atoms with Crippen molar-refractivity contribution in [2.45, 2.75) is 0 Å². The van der Waals surface area contributed by atoms with E-state index in [1.807, 2.05) is 23.5 Å². The van der Waals surface area contributed by atoms with Gasteiger partial charge in [0.2, 0.25) is 0 Å². The summed E-state index contributed by atoms with van der Waals surface area (Å²) in [6.07, 6.45) is 6.71.